The third-order valence-corrected chi connectivity index (χ3v) is 8.99. The summed E-state index contributed by atoms with van der Waals surface area (Å²) in [5.74, 6) is 0. The highest BCUT2D eigenvalue weighted by atomic mass is 15.0. The monoisotopic (exact) mass is 521 g/mol. The SMILES string of the molecule is C1=Cc2c(c3c(c4ccc5ccccc5c4n3-c3ccccc3)c3c2cc(-c2ccccc2)c2ccccc23)CC1. The predicted octanol–water partition coefficient (Wildman–Crippen LogP) is 10.9. The minimum absolute atomic E-state index is 1.03. The largest absolute Gasteiger partial charge is 0.308 e. The van der Waals surface area contributed by atoms with E-state index in [-0.39, 0.29) is 0 Å². The maximum Gasteiger partial charge on any atom is 0.0619 e. The molecule has 0 atom stereocenters. The van der Waals surface area contributed by atoms with E-state index >= 15 is 0 Å². The quantitative estimate of drug-likeness (QED) is 0.199. The molecule has 1 aliphatic rings. The zero-order valence-electron chi connectivity index (χ0n) is 22.6. The third-order valence-electron chi connectivity index (χ3n) is 8.99. The van der Waals surface area contributed by atoms with Crippen LogP contribution in [0.2, 0.25) is 0 Å². The van der Waals surface area contributed by atoms with Gasteiger partial charge in [-0.2, -0.15) is 0 Å². The van der Waals surface area contributed by atoms with Crippen molar-refractivity contribution in [3.63, 3.8) is 0 Å². The van der Waals surface area contributed by atoms with Gasteiger partial charge in [-0.05, 0) is 74.8 Å². The summed E-state index contributed by atoms with van der Waals surface area (Å²) in [6, 6.07) is 46.8. The molecule has 192 valence electrons. The number of nitrogens with zero attached hydrogens (tertiary/aromatic N) is 1. The molecule has 0 unspecified atom stereocenters. The Kier molecular flexibility index (Phi) is 4.80. The van der Waals surface area contributed by atoms with Crippen molar-refractivity contribution < 1.29 is 0 Å². The van der Waals surface area contributed by atoms with Crippen LogP contribution in [0.15, 0.2) is 133 Å². The van der Waals surface area contributed by atoms with E-state index in [0.29, 0.717) is 0 Å². The van der Waals surface area contributed by atoms with Gasteiger partial charge in [-0.25, -0.2) is 0 Å². The fourth-order valence-corrected chi connectivity index (χ4v) is 7.30. The summed E-state index contributed by atoms with van der Waals surface area (Å²) in [6.45, 7) is 0. The molecule has 0 spiro atoms. The van der Waals surface area contributed by atoms with Gasteiger partial charge in [0.1, 0.15) is 0 Å². The summed E-state index contributed by atoms with van der Waals surface area (Å²) in [6.07, 6.45) is 6.84. The van der Waals surface area contributed by atoms with Gasteiger partial charge < -0.3 is 4.57 Å². The zero-order chi connectivity index (χ0) is 26.9. The number of aryl methyl sites for hydroxylation is 1. The van der Waals surface area contributed by atoms with Gasteiger partial charge >= 0.3 is 0 Å². The van der Waals surface area contributed by atoms with Crippen LogP contribution in [0.4, 0.5) is 0 Å². The average Bonchev–Trinajstić information content (AvgIpc) is 3.41. The van der Waals surface area contributed by atoms with E-state index < -0.39 is 0 Å². The van der Waals surface area contributed by atoms with Crippen LogP contribution in [0.1, 0.15) is 17.5 Å². The molecule has 0 amide bonds. The molecule has 1 aromatic heterocycles. The van der Waals surface area contributed by atoms with Crippen molar-refractivity contribution in [2.24, 2.45) is 0 Å². The number of hydrogen-bond acceptors (Lipinski definition) is 0. The molecule has 0 bridgehead atoms. The molecule has 0 aliphatic heterocycles. The van der Waals surface area contributed by atoms with Gasteiger partial charge in [0, 0.05) is 27.2 Å². The molecule has 1 heteroatoms. The Hall–Kier alpha value is -5.14. The van der Waals surface area contributed by atoms with Gasteiger partial charge in [-0.15, -0.1) is 0 Å². The molecule has 0 fully saturated rings. The van der Waals surface area contributed by atoms with Gasteiger partial charge in [0.15, 0.2) is 0 Å². The van der Waals surface area contributed by atoms with E-state index in [1.807, 2.05) is 0 Å². The summed E-state index contributed by atoms with van der Waals surface area (Å²) < 4.78 is 2.56. The summed E-state index contributed by atoms with van der Waals surface area (Å²) in [5.41, 5.74) is 9.24. The van der Waals surface area contributed by atoms with E-state index in [0.717, 1.165) is 12.8 Å². The summed E-state index contributed by atoms with van der Waals surface area (Å²) >= 11 is 0. The molecule has 0 saturated carbocycles. The van der Waals surface area contributed by atoms with Crippen LogP contribution in [0.3, 0.4) is 0 Å². The molecule has 41 heavy (non-hydrogen) atoms. The zero-order valence-corrected chi connectivity index (χ0v) is 22.6. The molecule has 0 radical (unpaired) electrons. The molecule has 7 aromatic carbocycles. The van der Waals surface area contributed by atoms with E-state index in [1.165, 1.54) is 82.1 Å². The average molecular weight is 522 g/mol. The second kappa shape index (κ2) is 8.68. The molecule has 0 saturated heterocycles. The number of para-hydroxylation sites is 1. The maximum atomic E-state index is 2.56. The van der Waals surface area contributed by atoms with Crippen molar-refractivity contribution in [1.82, 2.24) is 4.57 Å². The number of allylic oxidation sites excluding steroid dienone is 1. The van der Waals surface area contributed by atoms with Crippen molar-refractivity contribution in [2.75, 3.05) is 0 Å². The Morgan fingerprint density at radius 3 is 2.05 bits per heavy atom. The predicted molar refractivity (Wildman–Crippen MR) is 176 cm³/mol. The highest BCUT2D eigenvalue weighted by molar-refractivity contribution is 6.34. The third kappa shape index (κ3) is 3.18. The lowest BCUT2D eigenvalue weighted by molar-refractivity contribution is 0.988. The van der Waals surface area contributed by atoms with Crippen LogP contribution in [0.25, 0.3) is 77.0 Å². The first-order valence-corrected chi connectivity index (χ1v) is 14.5. The van der Waals surface area contributed by atoms with Crippen LogP contribution >= 0.6 is 0 Å². The fourth-order valence-electron chi connectivity index (χ4n) is 7.30. The highest BCUT2D eigenvalue weighted by Crippen LogP contribution is 2.48. The summed E-state index contributed by atoms with van der Waals surface area (Å²) in [4.78, 5) is 0. The Morgan fingerprint density at radius 1 is 0.512 bits per heavy atom. The first kappa shape index (κ1) is 22.7. The van der Waals surface area contributed by atoms with Crippen LogP contribution in [-0.4, -0.2) is 4.57 Å². The highest BCUT2D eigenvalue weighted by Gasteiger charge is 2.25. The molecule has 1 nitrogen and oxygen atoms in total. The molecular weight excluding hydrogens is 494 g/mol. The van der Waals surface area contributed by atoms with E-state index in [2.05, 4.69) is 144 Å². The Balaban J connectivity index is 1.61. The number of hydrogen-bond donors (Lipinski definition) is 0. The van der Waals surface area contributed by atoms with E-state index in [4.69, 9.17) is 0 Å². The second-order valence-electron chi connectivity index (χ2n) is 11.2. The lowest BCUT2D eigenvalue weighted by Gasteiger charge is -2.21. The standard InChI is InChI=1S/C40H27N/c1-3-13-26(14-4-1)35-25-36-31-20-10-12-22-33(31)40-38(37(36)32-21-11-9-19-30(32)35)34-24-23-27-15-7-8-18-29(27)39(34)41(40)28-16-5-2-6-17-28/h1-11,13-21,23-25H,12,22H2. The Morgan fingerprint density at radius 2 is 1.22 bits per heavy atom. The summed E-state index contributed by atoms with van der Waals surface area (Å²) in [7, 11) is 0. The first-order chi connectivity index (χ1) is 20.4. The van der Waals surface area contributed by atoms with Gasteiger partial charge in [0.05, 0.1) is 11.0 Å². The van der Waals surface area contributed by atoms with Crippen LogP contribution in [-0.2, 0) is 6.42 Å². The van der Waals surface area contributed by atoms with E-state index in [1.54, 1.807) is 0 Å². The smallest absolute Gasteiger partial charge is 0.0619 e. The molecular formula is C40H27N. The normalized spacial score (nSPS) is 13.1. The molecule has 9 rings (SSSR count). The molecule has 1 heterocycles. The first-order valence-electron chi connectivity index (χ1n) is 14.5. The molecule has 1 aliphatic carbocycles. The lowest BCUT2D eigenvalue weighted by Crippen LogP contribution is -2.03. The summed E-state index contributed by atoms with van der Waals surface area (Å²) in [5, 5.41) is 10.6. The van der Waals surface area contributed by atoms with E-state index in [9.17, 15) is 0 Å². The minimum Gasteiger partial charge on any atom is -0.308 e. The number of fused-ring (bicyclic) bond motifs is 12. The van der Waals surface area contributed by atoms with Gasteiger partial charge in [0.25, 0.3) is 0 Å². The van der Waals surface area contributed by atoms with Gasteiger partial charge in [-0.3, -0.25) is 0 Å². The van der Waals surface area contributed by atoms with Crippen molar-refractivity contribution in [3.05, 3.63) is 145 Å². The number of rotatable bonds is 2. The van der Waals surface area contributed by atoms with Crippen molar-refractivity contribution in [3.8, 4) is 16.8 Å². The van der Waals surface area contributed by atoms with Crippen LogP contribution < -0.4 is 0 Å². The van der Waals surface area contributed by atoms with Crippen LogP contribution in [0, 0.1) is 0 Å². The minimum atomic E-state index is 1.03. The van der Waals surface area contributed by atoms with Crippen LogP contribution in [0.5, 0.6) is 0 Å². The number of aromatic nitrogens is 1. The molecule has 8 aromatic rings. The van der Waals surface area contributed by atoms with Crippen molar-refractivity contribution >= 4 is 60.2 Å². The fraction of sp³-hybridized carbons (Fsp3) is 0.0500. The lowest BCUT2D eigenvalue weighted by atomic mass is 9.84. The van der Waals surface area contributed by atoms with Gasteiger partial charge in [-0.1, -0.05) is 121 Å². The van der Waals surface area contributed by atoms with Gasteiger partial charge in [0.2, 0.25) is 0 Å². The number of benzene rings is 7. The Bertz CT molecular complexity index is 2340. The topological polar surface area (TPSA) is 4.93 Å². The van der Waals surface area contributed by atoms with Crippen molar-refractivity contribution in [2.45, 2.75) is 12.8 Å². The second-order valence-corrected chi connectivity index (χ2v) is 11.2. The Labute approximate surface area is 238 Å². The maximum absolute atomic E-state index is 2.56. The van der Waals surface area contributed by atoms with Crippen molar-refractivity contribution in [1.29, 1.82) is 0 Å². The molecule has 0 N–H and O–H groups in total.